The zero-order valence-corrected chi connectivity index (χ0v) is 16.4. The second-order valence-corrected chi connectivity index (χ2v) is 6.73. The zero-order chi connectivity index (χ0) is 20.3. The van der Waals surface area contributed by atoms with E-state index in [0.29, 0.717) is 40.0 Å². The lowest BCUT2D eigenvalue weighted by Crippen LogP contribution is -2.50. The van der Waals surface area contributed by atoms with Gasteiger partial charge in [0.2, 0.25) is 0 Å². The molecule has 0 unspecified atom stereocenters. The van der Waals surface area contributed by atoms with Crippen molar-refractivity contribution in [2.45, 2.75) is 13.0 Å². The summed E-state index contributed by atoms with van der Waals surface area (Å²) >= 11 is 5.92. The van der Waals surface area contributed by atoms with Crippen LogP contribution in [0.25, 0.3) is 0 Å². The predicted molar refractivity (Wildman–Crippen MR) is 107 cm³/mol. The van der Waals surface area contributed by atoms with Crippen molar-refractivity contribution < 1.29 is 19.1 Å². The van der Waals surface area contributed by atoms with Crippen LogP contribution in [0.4, 0.5) is 4.79 Å². The number of ether oxygens (including phenoxy) is 2. The normalized spacial score (nSPS) is 18.8. The average Bonchev–Trinajstić information content (AvgIpc) is 2.68. The topological polar surface area (TPSA) is 76.7 Å². The van der Waals surface area contributed by atoms with E-state index in [9.17, 15) is 9.59 Å². The molecule has 1 fully saturated rings. The van der Waals surface area contributed by atoms with Crippen molar-refractivity contribution in [1.82, 2.24) is 10.6 Å². The van der Waals surface area contributed by atoms with Crippen molar-refractivity contribution in [1.29, 1.82) is 0 Å². The summed E-state index contributed by atoms with van der Waals surface area (Å²) in [6, 6.07) is 10.9. The molecule has 1 saturated heterocycles. The van der Waals surface area contributed by atoms with E-state index in [1.165, 1.54) is 7.11 Å². The number of benzene rings is 2. The summed E-state index contributed by atoms with van der Waals surface area (Å²) in [5.74, 6) is 0.248. The Balaban J connectivity index is 2.00. The number of carbonyl (C=O) groups is 2. The molecule has 0 aliphatic carbocycles. The highest BCUT2D eigenvalue weighted by Gasteiger charge is 2.38. The number of halogens is 1. The van der Waals surface area contributed by atoms with Crippen LogP contribution in [0.2, 0.25) is 5.02 Å². The molecule has 2 aromatic rings. The summed E-state index contributed by atoms with van der Waals surface area (Å²) < 4.78 is 10.9. The number of nitrogens with one attached hydrogen (secondary N) is 2. The number of rotatable bonds is 6. The van der Waals surface area contributed by atoms with Gasteiger partial charge in [-0.05, 0) is 48.9 Å². The van der Waals surface area contributed by atoms with Gasteiger partial charge in [-0.2, -0.15) is 0 Å². The number of amides is 2. The van der Waals surface area contributed by atoms with Gasteiger partial charge >= 0.3 is 6.03 Å². The van der Waals surface area contributed by atoms with Gasteiger partial charge in [0.05, 0.1) is 25.7 Å². The Kier molecular flexibility index (Phi) is 5.90. The van der Waals surface area contributed by atoms with Gasteiger partial charge in [0.1, 0.15) is 0 Å². The predicted octanol–water partition coefficient (Wildman–Crippen LogP) is 4.11. The van der Waals surface area contributed by atoms with Gasteiger partial charge in [-0.1, -0.05) is 24.2 Å². The molecule has 0 saturated carbocycles. The van der Waals surface area contributed by atoms with Gasteiger partial charge in [-0.15, -0.1) is 0 Å². The van der Waals surface area contributed by atoms with Crippen LogP contribution in [-0.2, 0) is 0 Å². The fraction of sp³-hybridized carbons (Fsp3) is 0.238. The van der Waals surface area contributed by atoms with Gasteiger partial charge in [0, 0.05) is 16.3 Å². The molecule has 0 radical (unpaired) electrons. The van der Waals surface area contributed by atoms with Crippen molar-refractivity contribution >= 4 is 23.4 Å². The first-order valence-electron chi connectivity index (χ1n) is 8.81. The van der Waals surface area contributed by atoms with Crippen LogP contribution in [0, 0.1) is 5.92 Å². The molecule has 6 nitrogen and oxygen atoms in total. The van der Waals surface area contributed by atoms with Gasteiger partial charge in [0.25, 0.3) is 0 Å². The Labute approximate surface area is 168 Å². The molecule has 2 amide bonds. The van der Waals surface area contributed by atoms with Crippen molar-refractivity contribution in [2.24, 2.45) is 5.92 Å². The molecular formula is C21H21ClN2O4. The minimum atomic E-state index is -0.693. The van der Waals surface area contributed by atoms with E-state index in [0.717, 1.165) is 0 Å². The summed E-state index contributed by atoms with van der Waals surface area (Å²) in [7, 11) is 1.54. The highest BCUT2D eigenvalue weighted by molar-refractivity contribution is 6.30. The fourth-order valence-electron chi connectivity index (χ4n) is 3.22. The molecule has 1 heterocycles. The van der Waals surface area contributed by atoms with E-state index in [4.69, 9.17) is 21.1 Å². The molecule has 3 rings (SSSR count). The minimum absolute atomic E-state index is 0.174. The fourth-order valence-corrected chi connectivity index (χ4v) is 3.34. The SMILES string of the molecule is C=C1NC(=O)N[C@@H](c2ccc(OCC)c(OC)c2)[C@@H]1C(=O)c1ccc(Cl)cc1. The summed E-state index contributed by atoms with van der Waals surface area (Å²) in [6.45, 7) is 6.28. The maximum Gasteiger partial charge on any atom is 0.319 e. The smallest absolute Gasteiger partial charge is 0.319 e. The zero-order valence-electron chi connectivity index (χ0n) is 15.6. The lowest BCUT2D eigenvalue weighted by Gasteiger charge is -2.34. The third-order valence-corrected chi connectivity index (χ3v) is 4.78. The Morgan fingerprint density at radius 2 is 1.89 bits per heavy atom. The molecule has 1 aliphatic rings. The largest absolute Gasteiger partial charge is 0.493 e. The first-order chi connectivity index (χ1) is 13.4. The monoisotopic (exact) mass is 400 g/mol. The van der Waals surface area contributed by atoms with Gasteiger partial charge in [0.15, 0.2) is 17.3 Å². The Bertz CT molecular complexity index is 911. The molecule has 28 heavy (non-hydrogen) atoms. The summed E-state index contributed by atoms with van der Waals surface area (Å²) in [5.41, 5.74) is 1.53. The van der Waals surface area contributed by atoms with Crippen molar-refractivity contribution in [3.63, 3.8) is 0 Å². The van der Waals surface area contributed by atoms with Crippen molar-refractivity contribution in [2.75, 3.05) is 13.7 Å². The van der Waals surface area contributed by atoms with Crippen molar-refractivity contribution in [3.8, 4) is 11.5 Å². The van der Waals surface area contributed by atoms with Crippen LogP contribution < -0.4 is 20.1 Å². The van der Waals surface area contributed by atoms with Crippen LogP contribution >= 0.6 is 11.6 Å². The number of methoxy groups -OCH3 is 1. The third-order valence-electron chi connectivity index (χ3n) is 4.53. The first-order valence-corrected chi connectivity index (χ1v) is 9.19. The highest BCUT2D eigenvalue weighted by atomic mass is 35.5. The molecule has 0 spiro atoms. The van der Waals surface area contributed by atoms with Crippen LogP contribution in [0.1, 0.15) is 28.9 Å². The van der Waals surface area contributed by atoms with Gasteiger partial charge < -0.3 is 20.1 Å². The second-order valence-electron chi connectivity index (χ2n) is 6.29. The van der Waals surface area contributed by atoms with Crippen LogP contribution in [0.3, 0.4) is 0 Å². The lowest BCUT2D eigenvalue weighted by atomic mass is 9.83. The number of hydrogen-bond acceptors (Lipinski definition) is 4. The number of hydrogen-bond donors (Lipinski definition) is 2. The van der Waals surface area contributed by atoms with E-state index in [-0.39, 0.29) is 5.78 Å². The summed E-state index contributed by atoms with van der Waals surface area (Å²) in [5, 5.41) is 5.97. The van der Waals surface area contributed by atoms with Gasteiger partial charge in [-0.3, -0.25) is 4.79 Å². The maximum atomic E-state index is 13.2. The Hall–Kier alpha value is -2.99. The summed E-state index contributed by atoms with van der Waals surface area (Å²) in [6.07, 6.45) is 0. The van der Waals surface area contributed by atoms with Gasteiger partial charge in [-0.25, -0.2) is 4.79 Å². The molecule has 2 aromatic carbocycles. The number of urea groups is 1. The van der Waals surface area contributed by atoms with Crippen LogP contribution in [0.15, 0.2) is 54.7 Å². The number of ketones is 1. The van der Waals surface area contributed by atoms with E-state index in [1.807, 2.05) is 6.92 Å². The molecule has 2 atom stereocenters. The van der Waals surface area contributed by atoms with E-state index in [2.05, 4.69) is 17.2 Å². The van der Waals surface area contributed by atoms with Crippen LogP contribution in [-0.4, -0.2) is 25.5 Å². The third kappa shape index (κ3) is 3.97. The number of carbonyl (C=O) groups excluding carboxylic acids is 2. The minimum Gasteiger partial charge on any atom is -0.493 e. The molecule has 7 heteroatoms. The maximum absolute atomic E-state index is 13.2. The molecule has 146 valence electrons. The highest BCUT2D eigenvalue weighted by Crippen LogP contribution is 2.36. The number of Topliss-reactive ketones (excluding diaryl/α,β-unsaturated/α-hetero) is 1. The second kappa shape index (κ2) is 8.35. The molecule has 0 aromatic heterocycles. The van der Waals surface area contributed by atoms with E-state index < -0.39 is 18.0 Å². The summed E-state index contributed by atoms with van der Waals surface area (Å²) in [4.78, 5) is 25.2. The van der Waals surface area contributed by atoms with E-state index >= 15 is 0 Å². The van der Waals surface area contributed by atoms with Crippen molar-refractivity contribution in [3.05, 3.63) is 70.9 Å². The standard InChI is InChI=1S/C21H21ClN2O4/c1-4-28-16-10-7-14(11-17(16)27-3)19-18(12(2)23-21(26)24-19)20(25)13-5-8-15(22)9-6-13/h5-11,18-19H,2,4H2,1,3H3,(H2,23,24,26)/t18-,19+/m1/s1. The molecule has 0 bridgehead atoms. The average molecular weight is 401 g/mol. The molecule has 1 aliphatic heterocycles. The van der Waals surface area contributed by atoms with Crippen LogP contribution in [0.5, 0.6) is 11.5 Å². The Morgan fingerprint density at radius 3 is 2.54 bits per heavy atom. The Morgan fingerprint density at radius 1 is 1.18 bits per heavy atom. The lowest BCUT2D eigenvalue weighted by molar-refractivity contribution is 0.0905. The molecule has 2 N–H and O–H groups in total. The quantitative estimate of drug-likeness (QED) is 0.715. The first kappa shape index (κ1) is 19.8. The van der Waals surface area contributed by atoms with E-state index in [1.54, 1.807) is 42.5 Å². The molecular weight excluding hydrogens is 380 g/mol.